The Bertz CT molecular complexity index is 295. The Morgan fingerprint density at radius 3 is 3.00 bits per heavy atom. The van der Waals surface area contributed by atoms with Crippen LogP contribution in [0.25, 0.3) is 0 Å². The van der Waals surface area contributed by atoms with Gasteiger partial charge in [0.15, 0.2) is 6.10 Å². The van der Waals surface area contributed by atoms with Gasteiger partial charge in [0.1, 0.15) is 0 Å². The van der Waals surface area contributed by atoms with Crippen molar-refractivity contribution in [2.45, 2.75) is 57.3 Å². The molecule has 1 aliphatic carbocycles. The van der Waals surface area contributed by atoms with Crippen LogP contribution in [0.15, 0.2) is 0 Å². The minimum absolute atomic E-state index is 0.359. The van der Waals surface area contributed by atoms with Crippen molar-refractivity contribution in [2.75, 3.05) is 26.3 Å². The van der Waals surface area contributed by atoms with Crippen LogP contribution in [0.4, 0.5) is 0 Å². The number of carboxylic acid groups (broad SMARTS) is 1. The molecule has 5 heteroatoms. The third-order valence-corrected chi connectivity index (χ3v) is 4.17. The van der Waals surface area contributed by atoms with Gasteiger partial charge >= 0.3 is 5.97 Å². The highest BCUT2D eigenvalue weighted by molar-refractivity contribution is 5.72. The highest BCUT2D eigenvalue weighted by Gasteiger charge is 2.34. The molecule has 2 fully saturated rings. The number of nitrogens with zero attached hydrogens (tertiary/aromatic N) is 1. The predicted molar refractivity (Wildman–Crippen MR) is 71.2 cm³/mol. The first-order valence-electron chi connectivity index (χ1n) is 7.42. The molecule has 0 amide bonds. The summed E-state index contributed by atoms with van der Waals surface area (Å²) in [5.74, 6) is -0.852. The molecule has 0 spiro atoms. The fourth-order valence-electron chi connectivity index (χ4n) is 3.22. The van der Waals surface area contributed by atoms with E-state index < -0.39 is 12.1 Å². The van der Waals surface area contributed by atoms with Crippen molar-refractivity contribution in [1.29, 1.82) is 0 Å². The maximum absolute atomic E-state index is 11.1. The van der Waals surface area contributed by atoms with E-state index >= 15 is 0 Å². The molecule has 19 heavy (non-hydrogen) atoms. The lowest BCUT2D eigenvalue weighted by atomic mass is 9.90. The minimum Gasteiger partial charge on any atom is -0.479 e. The first-order chi connectivity index (χ1) is 9.22. The molecule has 110 valence electrons. The van der Waals surface area contributed by atoms with Crippen LogP contribution < -0.4 is 0 Å². The van der Waals surface area contributed by atoms with Crippen molar-refractivity contribution in [3.8, 4) is 0 Å². The molecule has 0 radical (unpaired) electrons. The lowest BCUT2D eigenvalue weighted by Crippen LogP contribution is -2.53. The molecule has 1 saturated carbocycles. The Hall–Kier alpha value is -0.650. The Kier molecular flexibility index (Phi) is 5.60. The number of carboxylic acids is 1. The van der Waals surface area contributed by atoms with E-state index in [9.17, 15) is 4.79 Å². The van der Waals surface area contributed by atoms with E-state index in [0.717, 1.165) is 26.1 Å². The summed E-state index contributed by atoms with van der Waals surface area (Å²) >= 11 is 0. The monoisotopic (exact) mass is 271 g/mol. The van der Waals surface area contributed by atoms with Crippen LogP contribution in [0.2, 0.25) is 0 Å². The fourth-order valence-corrected chi connectivity index (χ4v) is 3.22. The van der Waals surface area contributed by atoms with Crippen molar-refractivity contribution in [1.82, 2.24) is 4.90 Å². The van der Waals surface area contributed by atoms with Crippen LogP contribution in [0.5, 0.6) is 0 Å². The van der Waals surface area contributed by atoms with Gasteiger partial charge in [-0.3, -0.25) is 4.90 Å². The Morgan fingerprint density at radius 1 is 1.47 bits per heavy atom. The zero-order valence-corrected chi connectivity index (χ0v) is 11.7. The molecule has 1 saturated heterocycles. The molecule has 0 bridgehead atoms. The molecule has 1 heterocycles. The van der Waals surface area contributed by atoms with Gasteiger partial charge < -0.3 is 14.6 Å². The molecule has 2 rings (SSSR count). The zero-order chi connectivity index (χ0) is 13.7. The van der Waals surface area contributed by atoms with E-state index in [4.69, 9.17) is 14.6 Å². The van der Waals surface area contributed by atoms with Crippen LogP contribution >= 0.6 is 0 Å². The number of hydrogen-bond donors (Lipinski definition) is 1. The average molecular weight is 271 g/mol. The smallest absolute Gasteiger partial charge is 0.332 e. The fraction of sp³-hybridized carbons (Fsp3) is 0.929. The van der Waals surface area contributed by atoms with Crippen LogP contribution in [-0.2, 0) is 14.3 Å². The van der Waals surface area contributed by atoms with Crippen molar-refractivity contribution >= 4 is 5.97 Å². The molecule has 0 aromatic rings. The molecule has 3 atom stereocenters. The van der Waals surface area contributed by atoms with Gasteiger partial charge in [0.05, 0.1) is 12.7 Å². The van der Waals surface area contributed by atoms with Crippen molar-refractivity contribution in [3.05, 3.63) is 0 Å². The third kappa shape index (κ3) is 3.91. The summed E-state index contributed by atoms with van der Waals surface area (Å²) in [5.41, 5.74) is 0. The van der Waals surface area contributed by atoms with E-state index in [1.807, 2.05) is 6.92 Å². The van der Waals surface area contributed by atoms with Crippen molar-refractivity contribution < 1.29 is 19.4 Å². The second-order valence-electron chi connectivity index (χ2n) is 5.37. The number of ether oxygens (including phenoxy) is 2. The quantitative estimate of drug-likeness (QED) is 0.793. The third-order valence-electron chi connectivity index (χ3n) is 4.17. The van der Waals surface area contributed by atoms with Gasteiger partial charge in [-0.15, -0.1) is 0 Å². The van der Waals surface area contributed by atoms with Crippen molar-refractivity contribution in [3.63, 3.8) is 0 Å². The highest BCUT2D eigenvalue weighted by atomic mass is 16.5. The number of carbonyl (C=O) groups is 1. The van der Waals surface area contributed by atoms with Gasteiger partial charge in [-0.25, -0.2) is 4.79 Å². The van der Waals surface area contributed by atoms with E-state index in [-0.39, 0.29) is 0 Å². The van der Waals surface area contributed by atoms with Crippen LogP contribution in [0, 0.1) is 0 Å². The maximum Gasteiger partial charge on any atom is 0.332 e. The molecule has 3 unspecified atom stereocenters. The number of rotatable bonds is 6. The van der Waals surface area contributed by atoms with Crippen LogP contribution in [0.1, 0.15) is 39.0 Å². The Labute approximate surface area is 114 Å². The van der Waals surface area contributed by atoms with Crippen molar-refractivity contribution in [2.24, 2.45) is 0 Å². The molecular formula is C14H25NO4. The molecule has 1 N–H and O–H groups in total. The topological polar surface area (TPSA) is 59.0 Å². The number of morpholine rings is 1. The lowest BCUT2D eigenvalue weighted by molar-refractivity contribution is -0.151. The summed E-state index contributed by atoms with van der Waals surface area (Å²) in [6, 6.07) is 0.485. The summed E-state index contributed by atoms with van der Waals surface area (Å²) in [6.07, 6.45) is 5.09. The maximum atomic E-state index is 11.1. The summed E-state index contributed by atoms with van der Waals surface area (Å²) in [6.45, 7) is 4.77. The number of fused-ring (bicyclic) bond motifs is 1. The second-order valence-corrected chi connectivity index (χ2v) is 5.37. The second kappa shape index (κ2) is 7.22. The summed E-state index contributed by atoms with van der Waals surface area (Å²) in [4.78, 5) is 13.5. The number of aliphatic carboxylic acids is 1. The highest BCUT2D eigenvalue weighted by Crippen LogP contribution is 2.28. The van der Waals surface area contributed by atoms with Gasteiger partial charge in [-0.2, -0.15) is 0 Å². The minimum atomic E-state index is -0.852. The van der Waals surface area contributed by atoms with Crippen LogP contribution in [0.3, 0.4) is 0 Å². The Balaban J connectivity index is 1.84. The Morgan fingerprint density at radius 2 is 2.26 bits per heavy atom. The largest absolute Gasteiger partial charge is 0.479 e. The molecule has 1 aliphatic heterocycles. The first kappa shape index (κ1) is 14.8. The van der Waals surface area contributed by atoms with E-state index in [1.54, 1.807) is 0 Å². The SMILES string of the molecule is CCOC(CCN1CCOC2CCCCC21)C(=O)O. The zero-order valence-electron chi connectivity index (χ0n) is 11.7. The molecule has 2 aliphatic rings. The normalized spacial score (nSPS) is 29.7. The van der Waals surface area contributed by atoms with Gasteiger partial charge in [0, 0.05) is 25.7 Å². The van der Waals surface area contributed by atoms with E-state index in [2.05, 4.69) is 4.90 Å². The standard InChI is InChI=1S/C14H25NO4/c1-2-18-13(14(16)17)7-8-15-9-10-19-12-6-4-3-5-11(12)15/h11-13H,2-10H2,1H3,(H,16,17). The van der Waals surface area contributed by atoms with Crippen LogP contribution in [-0.4, -0.2) is 60.5 Å². The lowest BCUT2D eigenvalue weighted by Gasteiger charge is -2.44. The number of hydrogen-bond acceptors (Lipinski definition) is 4. The van der Waals surface area contributed by atoms with Gasteiger partial charge in [0.2, 0.25) is 0 Å². The molecule has 0 aromatic heterocycles. The molecular weight excluding hydrogens is 246 g/mol. The molecule has 0 aromatic carbocycles. The predicted octanol–water partition coefficient (Wildman–Crippen LogP) is 1.51. The van der Waals surface area contributed by atoms with E-state index in [1.165, 1.54) is 19.3 Å². The summed E-state index contributed by atoms with van der Waals surface area (Å²) in [7, 11) is 0. The van der Waals surface area contributed by atoms with Gasteiger partial charge in [-0.05, 0) is 26.2 Å². The van der Waals surface area contributed by atoms with E-state index in [0.29, 0.717) is 25.2 Å². The van der Waals surface area contributed by atoms with Gasteiger partial charge in [0.25, 0.3) is 0 Å². The molecule has 5 nitrogen and oxygen atoms in total. The first-order valence-corrected chi connectivity index (χ1v) is 7.42. The summed E-state index contributed by atoms with van der Waals surface area (Å²) in [5, 5.41) is 9.10. The summed E-state index contributed by atoms with van der Waals surface area (Å²) < 4.78 is 11.1. The average Bonchev–Trinajstić information content (AvgIpc) is 2.43. The van der Waals surface area contributed by atoms with Gasteiger partial charge in [-0.1, -0.05) is 12.8 Å².